The third-order valence-electron chi connectivity index (χ3n) is 5.67. The fourth-order valence-electron chi connectivity index (χ4n) is 3.89. The summed E-state index contributed by atoms with van der Waals surface area (Å²) >= 11 is 0. The van der Waals surface area contributed by atoms with Gasteiger partial charge in [0.2, 0.25) is 0 Å². The lowest BCUT2D eigenvalue weighted by atomic mass is 9.91. The number of fused-ring (bicyclic) bond motifs is 1. The van der Waals surface area contributed by atoms with Crippen molar-refractivity contribution in [2.45, 2.75) is 77.0 Å². The van der Waals surface area contributed by atoms with Gasteiger partial charge in [-0.25, -0.2) is 15.0 Å². The molecule has 166 valence electrons. The topological polar surface area (TPSA) is 105 Å². The number of unbranched alkanes of at least 4 members (excludes halogenated alkanes) is 1. The molecule has 0 saturated heterocycles. The highest BCUT2D eigenvalue weighted by Gasteiger charge is 2.20. The van der Waals surface area contributed by atoms with Crippen molar-refractivity contribution >= 4 is 17.6 Å². The molecule has 7 heteroatoms. The maximum absolute atomic E-state index is 12.5. The molecule has 0 fully saturated rings. The second-order valence-corrected chi connectivity index (χ2v) is 8.61. The van der Waals surface area contributed by atoms with Crippen molar-refractivity contribution in [3.8, 4) is 0 Å². The number of aromatic nitrogens is 3. The molecule has 0 bridgehead atoms. The number of carboxylic acid groups (broad SMARTS) is 1. The molecule has 0 amide bonds. The number of carbonyl (C=O) groups is 2. The van der Waals surface area contributed by atoms with Crippen LogP contribution in [0.1, 0.15) is 86.9 Å². The van der Waals surface area contributed by atoms with Crippen molar-refractivity contribution in [2.75, 3.05) is 11.9 Å². The molecule has 1 aliphatic heterocycles. The van der Waals surface area contributed by atoms with Gasteiger partial charge in [-0.2, -0.15) is 0 Å². The predicted molar refractivity (Wildman–Crippen MR) is 119 cm³/mol. The number of pyridine rings is 1. The van der Waals surface area contributed by atoms with E-state index in [-0.39, 0.29) is 30.5 Å². The number of hydrogen-bond donors (Lipinski definition) is 2. The molecule has 0 saturated carbocycles. The van der Waals surface area contributed by atoms with E-state index in [4.69, 9.17) is 4.98 Å². The molecule has 2 N–H and O–H groups in total. The molecule has 0 spiro atoms. The minimum absolute atomic E-state index is 0.0826. The Morgan fingerprint density at radius 3 is 2.61 bits per heavy atom. The lowest BCUT2D eigenvalue weighted by Gasteiger charge is -2.17. The lowest BCUT2D eigenvalue weighted by molar-refractivity contribution is -0.137. The van der Waals surface area contributed by atoms with Crippen LogP contribution in [0.5, 0.6) is 0 Å². The molecule has 3 rings (SSSR count). The van der Waals surface area contributed by atoms with Gasteiger partial charge in [0.15, 0.2) is 0 Å². The summed E-state index contributed by atoms with van der Waals surface area (Å²) in [5.41, 5.74) is 3.04. The summed E-state index contributed by atoms with van der Waals surface area (Å²) < 4.78 is 0. The third kappa shape index (κ3) is 6.84. The Kier molecular flexibility index (Phi) is 8.09. The Balaban J connectivity index is 1.48. The zero-order valence-electron chi connectivity index (χ0n) is 18.4. The second kappa shape index (κ2) is 11.0. The molecule has 1 aliphatic rings. The standard InChI is InChI=1S/C24H32N4O3/c1-16(2)23-26-14-19(15-27-23)18(13-22(30)31)12-21(29)8-4-3-7-20-10-9-17-6-5-11-25-24(17)28-20/h9-10,14-16,18H,3-8,11-13H2,1-2H3,(H,25,28)(H,30,31). The Morgan fingerprint density at radius 2 is 1.90 bits per heavy atom. The number of hydrogen-bond acceptors (Lipinski definition) is 6. The van der Waals surface area contributed by atoms with Crippen molar-refractivity contribution in [3.63, 3.8) is 0 Å². The van der Waals surface area contributed by atoms with E-state index in [1.807, 2.05) is 13.8 Å². The molecule has 7 nitrogen and oxygen atoms in total. The van der Waals surface area contributed by atoms with E-state index >= 15 is 0 Å². The molecule has 0 aliphatic carbocycles. The first-order chi connectivity index (χ1) is 14.9. The van der Waals surface area contributed by atoms with Crippen LogP contribution >= 0.6 is 0 Å². The van der Waals surface area contributed by atoms with Gasteiger partial charge < -0.3 is 10.4 Å². The SMILES string of the molecule is CC(C)c1ncc(C(CC(=O)O)CC(=O)CCCCc2ccc3c(n2)NCCC3)cn1. The Bertz CT molecular complexity index is 896. The molecule has 2 aromatic heterocycles. The van der Waals surface area contributed by atoms with E-state index in [0.717, 1.165) is 56.0 Å². The minimum atomic E-state index is -0.919. The van der Waals surface area contributed by atoms with Crippen LogP contribution in [0.4, 0.5) is 5.82 Å². The summed E-state index contributed by atoms with van der Waals surface area (Å²) in [6, 6.07) is 4.23. The average molecular weight is 425 g/mol. The van der Waals surface area contributed by atoms with Crippen LogP contribution in [0, 0.1) is 0 Å². The lowest BCUT2D eigenvalue weighted by Crippen LogP contribution is -2.14. The fraction of sp³-hybridized carbons (Fsp3) is 0.542. The van der Waals surface area contributed by atoms with Crippen LogP contribution < -0.4 is 5.32 Å². The van der Waals surface area contributed by atoms with Gasteiger partial charge in [-0.05, 0) is 49.3 Å². The van der Waals surface area contributed by atoms with Crippen LogP contribution in [-0.2, 0) is 22.4 Å². The Labute approximate surface area is 183 Å². The molecule has 0 aromatic carbocycles. The summed E-state index contributed by atoms with van der Waals surface area (Å²) in [4.78, 5) is 37.2. The molecular formula is C24H32N4O3. The van der Waals surface area contributed by atoms with Crippen molar-refractivity contribution < 1.29 is 14.7 Å². The highest BCUT2D eigenvalue weighted by Crippen LogP contribution is 2.25. The van der Waals surface area contributed by atoms with E-state index in [2.05, 4.69) is 27.4 Å². The number of nitrogens with zero attached hydrogens (tertiary/aromatic N) is 3. The molecular weight excluding hydrogens is 392 g/mol. The number of aliphatic carboxylic acids is 1. The van der Waals surface area contributed by atoms with Gasteiger partial charge in [0.25, 0.3) is 0 Å². The Morgan fingerprint density at radius 1 is 1.13 bits per heavy atom. The van der Waals surface area contributed by atoms with Gasteiger partial charge in [-0.15, -0.1) is 0 Å². The molecule has 31 heavy (non-hydrogen) atoms. The van der Waals surface area contributed by atoms with Crippen LogP contribution in [0.3, 0.4) is 0 Å². The number of aryl methyl sites for hydroxylation is 2. The van der Waals surface area contributed by atoms with Crippen LogP contribution in [-0.4, -0.2) is 38.4 Å². The van der Waals surface area contributed by atoms with E-state index in [1.165, 1.54) is 5.56 Å². The molecule has 2 aromatic rings. The second-order valence-electron chi connectivity index (χ2n) is 8.61. The highest BCUT2D eigenvalue weighted by atomic mass is 16.4. The summed E-state index contributed by atoms with van der Waals surface area (Å²) in [6.07, 6.45) is 8.61. The maximum atomic E-state index is 12.5. The zero-order valence-corrected chi connectivity index (χ0v) is 18.4. The van der Waals surface area contributed by atoms with E-state index < -0.39 is 5.97 Å². The zero-order chi connectivity index (χ0) is 22.2. The number of carboxylic acids is 1. The Hall–Kier alpha value is -2.83. The summed E-state index contributed by atoms with van der Waals surface area (Å²) in [7, 11) is 0. The van der Waals surface area contributed by atoms with E-state index in [9.17, 15) is 14.7 Å². The smallest absolute Gasteiger partial charge is 0.303 e. The maximum Gasteiger partial charge on any atom is 0.303 e. The monoisotopic (exact) mass is 424 g/mol. The van der Waals surface area contributed by atoms with Gasteiger partial charge in [0, 0.05) is 49.3 Å². The third-order valence-corrected chi connectivity index (χ3v) is 5.67. The van der Waals surface area contributed by atoms with E-state index in [0.29, 0.717) is 12.0 Å². The van der Waals surface area contributed by atoms with Crippen LogP contribution in [0.2, 0.25) is 0 Å². The summed E-state index contributed by atoms with van der Waals surface area (Å²) in [6.45, 7) is 4.98. The molecule has 3 heterocycles. The number of anilines is 1. The number of ketones is 1. The van der Waals surface area contributed by atoms with Crippen molar-refractivity contribution in [2.24, 2.45) is 0 Å². The van der Waals surface area contributed by atoms with E-state index in [1.54, 1.807) is 12.4 Å². The first-order valence-electron chi connectivity index (χ1n) is 11.2. The number of rotatable bonds is 11. The van der Waals surface area contributed by atoms with Crippen LogP contribution in [0.25, 0.3) is 0 Å². The first kappa shape index (κ1) is 22.8. The number of carbonyl (C=O) groups excluding carboxylic acids is 1. The van der Waals surface area contributed by atoms with Gasteiger partial charge in [0.05, 0.1) is 6.42 Å². The molecule has 1 unspecified atom stereocenters. The summed E-state index contributed by atoms with van der Waals surface area (Å²) in [5.74, 6) is 0.697. The van der Waals surface area contributed by atoms with Gasteiger partial charge in [0.1, 0.15) is 17.4 Å². The van der Waals surface area contributed by atoms with Gasteiger partial charge >= 0.3 is 5.97 Å². The predicted octanol–water partition coefficient (Wildman–Crippen LogP) is 4.28. The van der Waals surface area contributed by atoms with Crippen molar-refractivity contribution in [3.05, 3.63) is 47.2 Å². The minimum Gasteiger partial charge on any atom is -0.481 e. The van der Waals surface area contributed by atoms with Crippen molar-refractivity contribution in [1.29, 1.82) is 0 Å². The molecule has 1 atom stereocenters. The largest absolute Gasteiger partial charge is 0.481 e. The van der Waals surface area contributed by atoms with Crippen LogP contribution in [0.15, 0.2) is 24.5 Å². The van der Waals surface area contributed by atoms with Gasteiger partial charge in [-0.3, -0.25) is 9.59 Å². The average Bonchev–Trinajstić information content (AvgIpc) is 2.76. The number of Topliss-reactive ketones (excluding diaryl/α,β-unsaturated/α-hetero) is 1. The molecule has 0 radical (unpaired) electrons. The van der Waals surface area contributed by atoms with Gasteiger partial charge in [-0.1, -0.05) is 19.9 Å². The fourth-order valence-corrected chi connectivity index (χ4v) is 3.89. The van der Waals surface area contributed by atoms with Crippen molar-refractivity contribution in [1.82, 2.24) is 15.0 Å². The quantitative estimate of drug-likeness (QED) is 0.519. The first-order valence-corrected chi connectivity index (χ1v) is 11.2. The number of nitrogens with one attached hydrogen (secondary N) is 1. The highest BCUT2D eigenvalue weighted by molar-refractivity contribution is 5.80. The summed E-state index contributed by atoms with van der Waals surface area (Å²) in [5, 5.41) is 12.6. The normalized spacial score (nSPS) is 14.0.